The molecule has 2 rings (SSSR count). The summed E-state index contributed by atoms with van der Waals surface area (Å²) in [5.41, 5.74) is 0. The molecule has 0 saturated carbocycles. The van der Waals surface area contributed by atoms with Gasteiger partial charge in [-0.05, 0) is 51.0 Å². The average molecular weight is 334 g/mol. The number of carbonyl (C=O) groups is 3. The zero-order valence-electron chi connectivity index (χ0n) is 14.0. The molecule has 0 aromatic rings. The smallest absolute Gasteiger partial charge is 0.407 e. The standard InChI is InChI=1S/C18H26N2O4/c21-16-11-12-17(22)20(16)14-8-4-7-13-19-18(23)24-15-9-5-2-1-3-6-10-15/h5,9,11-12,15H,1-4,6-8,10,13-14H2,(H,19,23)/b9-5+. The summed E-state index contributed by atoms with van der Waals surface area (Å²) in [5.74, 6) is -0.483. The van der Waals surface area contributed by atoms with E-state index >= 15 is 0 Å². The Morgan fingerprint density at radius 2 is 1.92 bits per heavy atom. The molecule has 0 saturated heterocycles. The number of hydrogen-bond acceptors (Lipinski definition) is 4. The van der Waals surface area contributed by atoms with E-state index in [1.807, 2.05) is 6.08 Å². The highest BCUT2D eigenvalue weighted by Crippen LogP contribution is 2.14. The Bertz CT molecular complexity index is 495. The first kappa shape index (κ1) is 18.2. The lowest BCUT2D eigenvalue weighted by Gasteiger charge is -2.16. The van der Waals surface area contributed by atoms with E-state index in [1.165, 1.54) is 29.9 Å². The lowest BCUT2D eigenvalue weighted by atomic mass is 10.0. The summed E-state index contributed by atoms with van der Waals surface area (Å²) in [6.07, 6.45) is 14.0. The first-order valence-corrected chi connectivity index (χ1v) is 8.81. The van der Waals surface area contributed by atoms with E-state index in [4.69, 9.17) is 4.74 Å². The van der Waals surface area contributed by atoms with Gasteiger partial charge in [0.25, 0.3) is 11.8 Å². The second-order valence-electron chi connectivity index (χ2n) is 6.16. The van der Waals surface area contributed by atoms with E-state index in [9.17, 15) is 14.4 Å². The van der Waals surface area contributed by atoms with Crippen LogP contribution in [0.1, 0.15) is 51.4 Å². The molecule has 1 N–H and O–H groups in total. The highest BCUT2D eigenvalue weighted by atomic mass is 16.6. The zero-order chi connectivity index (χ0) is 17.2. The van der Waals surface area contributed by atoms with Crippen LogP contribution in [0.25, 0.3) is 0 Å². The quantitative estimate of drug-likeness (QED) is 0.441. The Labute approximate surface area is 142 Å². The molecular formula is C18H26N2O4. The fraction of sp³-hybridized carbons (Fsp3) is 0.611. The van der Waals surface area contributed by atoms with E-state index in [-0.39, 0.29) is 24.0 Å². The molecule has 6 heteroatoms. The van der Waals surface area contributed by atoms with Gasteiger partial charge in [0, 0.05) is 25.2 Å². The number of allylic oxidation sites excluding steroid dienone is 1. The number of ether oxygens (including phenoxy) is 1. The maximum atomic E-state index is 11.8. The van der Waals surface area contributed by atoms with Gasteiger partial charge in [0.1, 0.15) is 6.10 Å². The fourth-order valence-electron chi connectivity index (χ4n) is 2.82. The number of imide groups is 1. The van der Waals surface area contributed by atoms with Crippen LogP contribution < -0.4 is 5.32 Å². The van der Waals surface area contributed by atoms with Crippen molar-refractivity contribution in [2.75, 3.05) is 13.1 Å². The summed E-state index contributed by atoms with van der Waals surface area (Å²) < 4.78 is 5.40. The van der Waals surface area contributed by atoms with Crippen molar-refractivity contribution in [3.63, 3.8) is 0 Å². The van der Waals surface area contributed by atoms with E-state index in [0.717, 1.165) is 38.5 Å². The molecule has 6 nitrogen and oxygen atoms in total. The summed E-state index contributed by atoms with van der Waals surface area (Å²) in [4.78, 5) is 35.7. The van der Waals surface area contributed by atoms with Crippen LogP contribution in [0.3, 0.4) is 0 Å². The molecule has 1 aliphatic carbocycles. The van der Waals surface area contributed by atoms with Gasteiger partial charge in [0.2, 0.25) is 0 Å². The second-order valence-corrected chi connectivity index (χ2v) is 6.16. The first-order chi connectivity index (χ1) is 11.7. The van der Waals surface area contributed by atoms with Gasteiger partial charge >= 0.3 is 6.09 Å². The molecule has 1 unspecified atom stereocenters. The Kier molecular flexibility index (Phi) is 7.52. The Hall–Kier alpha value is -2.11. The van der Waals surface area contributed by atoms with Crippen molar-refractivity contribution in [1.82, 2.24) is 10.2 Å². The lowest BCUT2D eigenvalue weighted by Crippen LogP contribution is -2.31. The maximum Gasteiger partial charge on any atom is 0.407 e. The third-order valence-electron chi connectivity index (χ3n) is 4.20. The Morgan fingerprint density at radius 1 is 1.12 bits per heavy atom. The summed E-state index contributed by atoms with van der Waals surface area (Å²) >= 11 is 0. The van der Waals surface area contributed by atoms with Crippen LogP contribution in [-0.4, -0.2) is 42.0 Å². The first-order valence-electron chi connectivity index (χ1n) is 8.81. The molecule has 0 fully saturated rings. The molecule has 132 valence electrons. The van der Waals surface area contributed by atoms with Crippen molar-refractivity contribution < 1.29 is 19.1 Å². The highest BCUT2D eigenvalue weighted by molar-refractivity contribution is 6.12. The van der Waals surface area contributed by atoms with Crippen LogP contribution in [0.5, 0.6) is 0 Å². The van der Waals surface area contributed by atoms with Gasteiger partial charge < -0.3 is 10.1 Å². The summed E-state index contributed by atoms with van der Waals surface area (Å²) in [6.45, 7) is 0.970. The number of nitrogens with one attached hydrogen (secondary N) is 1. The molecule has 0 aromatic heterocycles. The molecule has 2 aliphatic rings. The van der Waals surface area contributed by atoms with Crippen molar-refractivity contribution in [2.24, 2.45) is 0 Å². The van der Waals surface area contributed by atoms with Gasteiger partial charge in [0.05, 0.1) is 0 Å². The van der Waals surface area contributed by atoms with Crippen molar-refractivity contribution in [2.45, 2.75) is 57.5 Å². The van der Waals surface area contributed by atoms with Gasteiger partial charge in [-0.15, -0.1) is 0 Å². The molecule has 1 atom stereocenters. The molecular weight excluding hydrogens is 308 g/mol. The number of unbranched alkanes of at least 4 members (excludes halogenated alkanes) is 2. The maximum absolute atomic E-state index is 11.8. The molecule has 1 heterocycles. The number of hydrogen-bond donors (Lipinski definition) is 1. The summed E-state index contributed by atoms with van der Waals surface area (Å²) in [6, 6.07) is 0. The van der Waals surface area contributed by atoms with Crippen LogP contribution in [0, 0.1) is 0 Å². The minimum Gasteiger partial charge on any atom is -0.442 e. The lowest BCUT2D eigenvalue weighted by molar-refractivity contribution is -0.136. The number of carbonyl (C=O) groups excluding carboxylic acids is 3. The van der Waals surface area contributed by atoms with Crippen LogP contribution in [-0.2, 0) is 14.3 Å². The van der Waals surface area contributed by atoms with Crippen LogP contribution >= 0.6 is 0 Å². The zero-order valence-corrected chi connectivity index (χ0v) is 14.0. The topological polar surface area (TPSA) is 75.7 Å². The molecule has 0 aromatic carbocycles. The van der Waals surface area contributed by atoms with Gasteiger partial charge in [-0.1, -0.05) is 12.5 Å². The van der Waals surface area contributed by atoms with E-state index in [0.29, 0.717) is 13.1 Å². The van der Waals surface area contributed by atoms with Gasteiger partial charge in [0.15, 0.2) is 0 Å². The largest absolute Gasteiger partial charge is 0.442 e. The van der Waals surface area contributed by atoms with Crippen molar-refractivity contribution in [3.05, 3.63) is 24.3 Å². The minimum absolute atomic E-state index is 0.120. The molecule has 0 spiro atoms. The van der Waals surface area contributed by atoms with Gasteiger partial charge in [-0.25, -0.2) is 4.79 Å². The monoisotopic (exact) mass is 334 g/mol. The average Bonchev–Trinajstić information content (AvgIpc) is 2.84. The van der Waals surface area contributed by atoms with Crippen molar-refractivity contribution >= 4 is 17.9 Å². The van der Waals surface area contributed by atoms with E-state index in [1.54, 1.807) is 0 Å². The predicted octanol–water partition coefficient (Wildman–Crippen LogP) is 2.70. The minimum atomic E-state index is -0.376. The van der Waals surface area contributed by atoms with Crippen LogP contribution in [0.2, 0.25) is 0 Å². The number of nitrogens with zero attached hydrogens (tertiary/aromatic N) is 1. The number of rotatable bonds is 7. The molecule has 0 bridgehead atoms. The third kappa shape index (κ3) is 6.18. The SMILES string of the molecule is O=C(NCCCCCN1C(=O)C=CC1=O)OC1/C=C/CCCCC1. The number of amides is 3. The number of alkyl carbamates (subject to hydrolysis) is 1. The highest BCUT2D eigenvalue weighted by Gasteiger charge is 2.22. The Morgan fingerprint density at radius 3 is 2.71 bits per heavy atom. The second kappa shape index (κ2) is 9.90. The third-order valence-corrected chi connectivity index (χ3v) is 4.20. The van der Waals surface area contributed by atoms with Crippen molar-refractivity contribution in [1.29, 1.82) is 0 Å². The van der Waals surface area contributed by atoms with Crippen LogP contribution in [0.15, 0.2) is 24.3 Å². The Balaban J connectivity index is 1.52. The fourth-order valence-corrected chi connectivity index (χ4v) is 2.82. The predicted molar refractivity (Wildman–Crippen MR) is 90.2 cm³/mol. The van der Waals surface area contributed by atoms with E-state index < -0.39 is 0 Å². The van der Waals surface area contributed by atoms with Crippen LogP contribution in [0.4, 0.5) is 4.79 Å². The molecule has 24 heavy (non-hydrogen) atoms. The summed E-state index contributed by atoms with van der Waals surface area (Å²) in [5, 5.41) is 2.76. The molecule has 0 radical (unpaired) electrons. The molecule has 1 aliphatic heterocycles. The van der Waals surface area contributed by atoms with Crippen molar-refractivity contribution in [3.8, 4) is 0 Å². The molecule has 3 amide bonds. The van der Waals surface area contributed by atoms with E-state index in [2.05, 4.69) is 11.4 Å². The normalized spacial score (nSPS) is 22.2. The van der Waals surface area contributed by atoms with Gasteiger partial charge in [-0.2, -0.15) is 0 Å². The summed E-state index contributed by atoms with van der Waals surface area (Å²) in [7, 11) is 0. The van der Waals surface area contributed by atoms with Gasteiger partial charge in [-0.3, -0.25) is 14.5 Å².